The molecule has 0 unspecified atom stereocenters. The molecule has 18 heavy (non-hydrogen) atoms. The number of nitrogens with two attached hydrogens (primary N) is 1. The second kappa shape index (κ2) is 4.70. The van der Waals surface area contributed by atoms with Gasteiger partial charge in [-0.25, -0.2) is 4.98 Å². The van der Waals surface area contributed by atoms with Gasteiger partial charge >= 0.3 is 6.18 Å². The van der Waals surface area contributed by atoms with Crippen LogP contribution in [0.5, 0.6) is 0 Å². The predicted octanol–water partition coefficient (Wildman–Crippen LogP) is 3.16. The topological polar surface area (TPSA) is 50.9 Å². The first-order valence-electron chi connectivity index (χ1n) is 5.57. The molecule has 3 N–H and O–H groups in total. The fourth-order valence-corrected chi connectivity index (χ4v) is 2.32. The summed E-state index contributed by atoms with van der Waals surface area (Å²) in [7, 11) is 0. The van der Waals surface area contributed by atoms with Crippen molar-refractivity contribution >= 4 is 21.7 Å². The summed E-state index contributed by atoms with van der Waals surface area (Å²) in [4.78, 5) is 3.83. The van der Waals surface area contributed by atoms with Gasteiger partial charge in [-0.2, -0.15) is 13.2 Å². The molecule has 100 valence electrons. The highest BCUT2D eigenvalue weighted by Crippen LogP contribution is 2.39. The number of hydrogen-bond donors (Lipinski definition) is 2. The molecule has 1 heterocycles. The molecule has 7 heteroatoms. The van der Waals surface area contributed by atoms with Gasteiger partial charge in [0.25, 0.3) is 0 Å². The fraction of sp³-hybridized carbons (Fsp3) is 0.545. The predicted molar refractivity (Wildman–Crippen MR) is 66.2 cm³/mol. The zero-order valence-corrected chi connectivity index (χ0v) is 11.1. The second-order valence-corrected chi connectivity index (χ2v) is 5.43. The lowest BCUT2D eigenvalue weighted by atomic mass is 9.76. The molecule has 1 aliphatic rings. The molecule has 1 fully saturated rings. The van der Waals surface area contributed by atoms with Crippen molar-refractivity contribution in [3.63, 3.8) is 0 Å². The van der Waals surface area contributed by atoms with Gasteiger partial charge in [0.1, 0.15) is 5.82 Å². The first kappa shape index (κ1) is 13.6. The van der Waals surface area contributed by atoms with Crippen LogP contribution in [0.4, 0.5) is 19.0 Å². The molecule has 0 aromatic carbocycles. The maximum Gasteiger partial charge on any atom is 0.419 e. The Morgan fingerprint density at radius 3 is 2.56 bits per heavy atom. The van der Waals surface area contributed by atoms with Crippen LogP contribution in [-0.4, -0.2) is 17.1 Å². The van der Waals surface area contributed by atoms with Crippen LogP contribution in [0.2, 0.25) is 0 Å². The number of anilines is 1. The third kappa shape index (κ3) is 2.61. The van der Waals surface area contributed by atoms with E-state index < -0.39 is 17.3 Å². The lowest BCUT2D eigenvalue weighted by Gasteiger charge is -2.42. The van der Waals surface area contributed by atoms with E-state index in [1.165, 1.54) is 6.20 Å². The summed E-state index contributed by atoms with van der Waals surface area (Å²) in [6, 6.07) is 1.03. The number of nitrogens with one attached hydrogen (secondary N) is 1. The smallest absolute Gasteiger partial charge is 0.363 e. The van der Waals surface area contributed by atoms with Crippen molar-refractivity contribution in [2.75, 3.05) is 11.9 Å². The lowest BCUT2D eigenvalue weighted by molar-refractivity contribution is -0.137. The molecular formula is C11H13BrF3N3. The summed E-state index contributed by atoms with van der Waals surface area (Å²) in [5, 5.41) is 2.87. The fourth-order valence-electron chi connectivity index (χ4n) is 1.99. The van der Waals surface area contributed by atoms with Crippen molar-refractivity contribution in [2.24, 2.45) is 5.73 Å². The average molecular weight is 324 g/mol. The van der Waals surface area contributed by atoms with E-state index in [-0.39, 0.29) is 5.82 Å². The summed E-state index contributed by atoms with van der Waals surface area (Å²) in [6.45, 7) is 0.308. The number of alkyl halides is 3. The molecule has 1 aliphatic carbocycles. The first-order valence-corrected chi connectivity index (χ1v) is 6.37. The number of pyridine rings is 1. The highest BCUT2D eigenvalue weighted by molar-refractivity contribution is 9.10. The molecular weight excluding hydrogens is 311 g/mol. The Kier molecular flexibility index (Phi) is 3.55. The minimum Gasteiger partial charge on any atom is -0.363 e. The highest BCUT2D eigenvalue weighted by Gasteiger charge is 2.40. The van der Waals surface area contributed by atoms with E-state index in [1.807, 2.05) is 0 Å². The van der Waals surface area contributed by atoms with Crippen molar-refractivity contribution in [2.45, 2.75) is 31.0 Å². The molecule has 0 spiro atoms. The minimum atomic E-state index is -4.43. The number of nitrogens with zero attached hydrogens (tertiary/aromatic N) is 1. The van der Waals surface area contributed by atoms with Crippen LogP contribution in [0.1, 0.15) is 24.8 Å². The van der Waals surface area contributed by atoms with E-state index in [2.05, 4.69) is 26.2 Å². The standard InChI is InChI=1S/C11H13BrF3N3/c12-7-4-8(11(13,14)15)9(17-5-7)18-10(6-16)2-1-3-10/h4-5H,1-3,6,16H2,(H,17,18). The zero-order valence-electron chi connectivity index (χ0n) is 9.52. The lowest BCUT2D eigenvalue weighted by Crippen LogP contribution is -2.51. The quantitative estimate of drug-likeness (QED) is 0.898. The van der Waals surface area contributed by atoms with Crippen LogP contribution < -0.4 is 11.1 Å². The van der Waals surface area contributed by atoms with Crippen LogP contribution in [0.15, 0.2) is 16.7 Å². The van der Waals surface area contributed by atoms with Crippen molar-refractivity contribution in [1.82, 2.24) is 4.98 Å². The molecule has 2 rings (SSSR count). The molecule has 0 aliphatic heterocycles. The minimum absolute atomic E-state index is 0.143. The Hall–Kier alpha value is -0.820. The average Bonchev–Trinajstić information content (AvgIpc) is 2.24. The van der Waals surface area contributed by atoms with Gasteiger partial charge < -0.3 is 11.1 Å². The van der Waals surface area contributed by atoms with Crippen LogP contribution >= 0.6 is 15.9 Å². The first-order chi connectivity index (χ1) is 8.36. The number of aromatic nitrogens is 1. The van der Waals surface area contributed by atoms with Crippen molar-refractivity contribution in [1.29, 1.82) is 0 Å². The maximum atomic E-state index is 12.9. The Bertz CT molecular complexity index is 438. The summed E-state index contributed by atoms with van der Waals surface area (Å²) in [5.74, 6) is -0.143. The molecule has 0 atom stereocenters. The Morgan fingerprint density at radius 2 is 2.11 bits per heavy atom. The van der Waals surface area contributed by atoms with Crippen molar-refractivity contribution < 1.29 is 13.2 Å². The number of hydrogen-bond acceptors (Lipinski definition) is 3. The maximum absolute atomic E-state index is 12.9. The summed E-state index contributed by atoms with van der Waals surface area (Å²) < 4.78 is 39.0. The van der Waals surface area contributed by atoms with E-state index in [0.717, 1.165) is 25.3 Å². The third-order valence-corrected chi connectivity index (χ3v) is 3.68. The van der Waals surface area contributed by atoms with Crippen molar-refractivity contribution in [3.8, 4) is 0 Å². The van der Waals surface area contributed by atoms with E-state index in [1.54, 1.807) is 0 Å². The van der Waals surface area contributed by atoms with E-state index in [0.29, 0.717) is 11.0 Å². The van der Waals surface area contributed by atoms with E-state index in [9.17, 15) is 13.2 Å². The second-order valence-electron chi connectivity index (χ2n) is 4.51. The molecule has 3 nitrogen and oxygen atoms in total. The largest absolute Gasteiger partial charge is 0.419 e. The van der Waals surface area contributed by atoms with Crippen LogP contribution in [0.25, 0.3) is 0 Å². The molecule has 0 bridgehead atoms. The number of halogens is 4. The monoisotopic (exact) mass is 323 g/mol. The normalized spacial score (nSPS) is 18.3. The highest BCUT2D eigenvalue weighted by atomic mass is 79.9. The summed E-state index contributed by atoms with van der Waals surface area (Å²) in [5.41, 5.74) is 4.43. The Labute approximate surface area is 111 Å². The van der Waals surface area contributed by atoms with Gasteiger partial charge in [0.2, 0.25) is 0 Å². The van der Waals surface area contributed by atoms with Gasteiger partial charge in [0.15, 0.2) is 0 Å². The Morgan fingerprint density at radius 1 is 1.44 bits per heavy atom. The zero-order chi connectivity index (χ0) is 13.4. The van der Waals surface area contributed by atoms with E-state index >= 15 is 0 Å². The molecule has 0 saturated heterocycles. The Balaban J connectivity index is 2.32. The molecule has 1 saturated carbocycles. The summed E-state index contributed by atoms with van der Waals surface area (Å²) in [6.07, 6.45) is -0.557. The third-order valence-electron chi connectivity index (χ3n) is 3.24. The van der Waals surface area contributed by atoms with E-state index in [4.69, 9.17) is 5.73 Å². The van der Waals surface area contributed by atoms with Crippen molar-refractivity contribution in [3.05, 3.63) is 22.3 Å². The molecule has 0 radical (unpaired) electrons. The van der Waals surface area contributed by atoms with Gasteiger partial charge in [0.05, 0.1) is 11.1 Å². The number of rotatable bonds is 3. The SMILES string of the molecule is NCC1(Nc2ncc(Br)cc2C(F)(F)F)CCC1. The van der Waals surface area contributed by atoms with Gasteiger partial charge in [-0.1, -0.05) is 0 Å². The summed E-state index contributed by atoms with van der Waals surface area (Å²) >= 11 is 3.00. The van der Waals surface area contributed by atoms with Gasteiger partial charge in [0, 0.05) is 17.2 Å². The molecule has 1 aromatic rings. The molecule has 0 amide bonds. The van der Waals surface area contributed by atoms with Gasteiger partial charge in [-0.15, -0.1) is 0 Å². The van der Waals surface area contributed by atoms with Crippen LogP contribution in [0.3, 0.4) is 0 Å². The van der Waals surface area contributed by atoms with Crippen LogP contribution in [0, 0.1) is 0 Å². The van der Waals surface area contributed by atoms with Gasteiger partial charge in [-0.05, 0) is 41.3 Å². The molecule has 1 aromatic heterocycles. The van der Waals surface area contributed by atoms with Gasteiger partial charge in [-0.3, -0.25) is 0 Å². The van der Waals surface area contributed by atoms with Crippen LogP contribution in [-0.2, 0) is 6.18 Å².